The molecule has 63 heavy (non-hydrogen) atoms. The number of benzene rings is 4. The summed E-state index contributed by atoms with van der Waals surface area (Å²) in [5.74, 6) is -9.86. The van der Waals surface area contributed by atoms with Crippen molar-refractivity contribution in [1.29, 1.82) is 0 Å². The van der Waals surface area contributed by atoms with Crippen molar-refractivity contribution >= 4 is 34.2 Å². The van der Waals surface area contributed by atoms with Gasteiger partial charge in [0.05, 0.1) is 34.9 Å². The van der Waals surface area contributed by atoms with Gasteiger partial charge in [-0.2, -0.15) is 8.78 Å². The second-order valence-electron chi connectivity index (χ2n) is 14.8. The molecule has 16 heteroatoms. The summed E-state index contributed by atoms with van der Waals surface area (Å²) in [6.45, 7) is -1.81. The third-order valence-electron chi connectivity index (χ3n) is 10.7. The van der Waals surface area contributed by atoms with Gasteiger partial charge in [-0.1, -0.05) is 36.4 Å². The average Bonchev–Trinajstić information content (AvgIpc) is 4.10. The quantitative estimate of drug-likeness (QED) is 0.0527. The number of aromatic nitrogens is 4. The highest BCUT2D eigenvalue weighted by Crippen LogP contribution is 2.47. The number of halogens is 4. The molecule has 2 aliphatic rings. The van der Waals surface area contributed by atoms with E-state index in [4.69, 9.17) is 9.72 Å². The van der Waals surface area contributed by atoms with Crippen LogP contribution < -0.4 is 4.74 Å². The molecule has 3 atom stereocenters. The topological polar surface area (TPSA) is 208 Å². The zero-order valence-electron chi connectivity index (χ0n) is 32.5. The number of fused-ring (bicyclic) bond motifs is 8. The van der Waals surface area contributed by atoms with Crippen molar-refractivity contribution in [3.05, 3.63) is 143 Å². The molecule has 3 unspecified atom stereocenters. The van der Waals surface area contributed by atoms with Gasteiger partial charge in [0.1, 0.15) is 42.2 Å². The number of phenolic OH excluding ortho intramolecular Hbond substituents is 3. The number of rotatable bonds is 8. The molecule has 2 aliphatic heterocycles. The number of aromatic hydroxyl groups is 3. The molecule has 9 N–H and O–H groups in total. The van der Waals surface area contributed by atoms with Crippen molar-refractivity contribution in [3.8, 4) is 67.5 Å². The summed E-state index contributed by atoms with van der Waals surface area (Å²) in [5, 5.41) is 74.5. The van der Waals surface area contributed by atoms with E-state index in [-0.39, 0.29) is 50.6 Å². The summed E-state index contributed by atoms with van der Waals surface area (Å²) < 4.78 is 69.8. The first-order valence-electron chi connectivity index (χ1n) is 19.3. The summed E-state index contributed by atoms with van der Waals surface area (Å²) in [6.07, 6.45) is -2.29. The molecule has 4 aromatic carbocycles. The van der Waals surface area contributed by atoms with Gasteiger partial charge in [-0.05, 0) is 89.5 Å². The van der Waals surface area contributed by atoms with Crippen molar-refractivity contribution < 1.29 is 58.0 Å². The second kappa shape index (κ2) is 16.1. The largest absolute Gasteiger partial charge is 0.508 e. The summed E-state index contributed by atoms with van der Waals surface area (Å²) >= 11 is 0. The Balaban J connectivity index is 1.49. The zero-order valence-corrected chi connectivity index (χ0v) is 32.5. The van der Waals surface area contributed by atoms with Gasteiger partial charge in [0.2, 0.25) is 11.6 Å². The van der Waals surface area contributed by atoms with Crippen LogP contribution in [0.4, 0.5) is 17.6 Å². The number of phenols is 3. The molecular weight excluding hydrogens is 825 g/mol. The molecule has 318 valence electrons. The number of aromatic amines is 2. The number of ether oxygens (including phenoxy) is 1. The van der Waals surface area contributed by atoms with Gasteiger partial charge in [0, 0.05) is 44.3 Å². The second-order valence-corrected chi connectivity index (χ2v) is 14.8. The Morgan fingerprint density at radius 2 is 0.952 bits per heavy atom. The highest BCUT2D eigenvalue weighted by Gasteiger charge is 2.38. The van der Waals surface area contributed by atoms with E-state index in [0.717, 1.165) is 0 Å². The molecule has 0 saturated carbocycles. The number of hydrogen-bond acceptors (Lipinski definition) is 10. The molecular formula is C47H34F4N4O8. The van der Waals surface area contributed by atoms with E-state index < -0.39 is 77.4 Å². The lowest BCUT2D eigenvalue weighted by molar-refractivity contribution is 0.0259. The molecule has 0 amide bonds. The molecule has 5 heterocycles. The molecule has 7 aromatic rings. The van der Waals surface area contributed by atoms with Crippen molar-refractivity contribution in [2.24, 2.45) is 0 Å². The van der Waals surface area contributed by atoms with Crippen LogP contribution in [0, 0.1) is 23.3 Å². The Labute approximate surface area is 353 Å². The summed E-state index contributed by atoms with van der Waals surface area (Å²) in [7, 11) is 0. The number of nitrogens with one attached hydrogen (secondary N) is 2. The average molecular weight is 859 g/mol. The van der Waals surface area contributed by atoms with Gasteiger partial charge < -0.3 is 50.5 Å². The normalized spacial score (nSPS) is 15.2. The van der Waals surface area contributed by atoms with Gasteiger partial charge in [0.25, 0.3) is 0 Å². The molecule has 0 aliphatic carbocycles. The minimum Gasteiger partial charge on any atom is -0.508 e. The van der Waals surface area contributed by atoms with Crippen LogP contribution in [0.5, 0.6) is 23.0 Å². The van der Waals surface area contributed by atoms with Crippen LogP contribution in [0.25, 0.3) is 78.7 Å². The minimum atomic E-state index is -2.09. The fourth-order valence-corrected chi connectivity index (χ4v) is 7.88. The first-order chi connectivity index (χ1) is 30.3. The van der Waals surface area contributed by atoms with Gasteiger partial charge in [-0.15, -0.1) is 0 Å². The number of nitrogens with zero attached hydrogens (tertiary/aromatic N) is 2. The van der Waals surface area contributed by atoms with E-state index in [1.165, 1.54) is 48.5 Å². The van der Waals surface area contributed by atoms with E-state index in [1.54, 1.807) is 60.7 Å². The van der Waals surface area contributed by atoms with Gasteiger partial charge in [-0.3, -0.25) is 4.98 Å². The monoisotopic (exact) mass is 858 g/mol. The van der Waals surface area contributed by atoms with Crippen LogP contribution in [0.2, 0.25) is 0 Å². The summed E-state index contributed by atoms with van der Waals surface area (Å²) in [6, 6.07) is 24.6. The lowest BCUT2D eigenvalue weighted by Crippen LogP contribution is -2.22. The Kier molecular flexibility index (Phi) is 10.4. The van der Waals surface area contributed by atoms with Crippen LogP contribution in [0.1, 0.15) is 35.0 Å². The molecule has 0 fully saturated rings. The first-order valence-corrected chi connectivity index (χ1v) is 19.3. The van der Waals surface area contributed by atoms with E-state index in [1.807, 2.05) is 0 Å². The molecule has 0 saturated heterocycles. The highest BCUT2D eigenvalue weighted by molar-refractivity contribution is 5.97. The Bertz CT molecular complexity index is 3160. The van der Waals surface area contributed by atoms with Crippen molar-refractivity contribution in [1.82, 2.24) is 19.9 Å². The first kappa shape index (κ1) is 40.9. The summed E-state index contributed by atoms with van der Waals surface area (Å²) in [4.78, 5) is 16.0. The predicted molar refractivity (Wildman–Crippen MR) is 225 cm³/mol. The minimum absolute atomic E-state index is 0.0357. The maximum Gasteiger partial charge on any atom is 0.204 e. The fourth-order valence-electron chi connectivity index (χ4n) is 7.88. The number of aliphatic hydroxyl groups excluding tert-OH is 4. The van der Waals surface area contributed by atoms with Gasteiger partial charge in [-0.25, -0.2) is 13.8 Å². The van der Waals surface area contributed by atoms with E-state index in [0.29, 0.717) is 39.2 Å². The van der Waals surface area contributed by atoms with E-state index in [9.17, 15) is 35.7 Å². The smallest absolute Gasteiger partial charge is 0.204 e. The van der Waals surface area contributed by atoms with Crippen molar-refractivity contribution in [2.75, 3.05) is 13.2 Å². The lowest BCUT2D eigenvalue weighted by Gasteiger charge is -2.16. The third kappa shape index (κ3) is 7.19. The standard InChI is InChI=1S/C47H34F4N4O8/c48-39-38(40(49)42(51)47(41(39)50)63-20-27(60)19-56)37-33-15-13-31(54-33)35(22-5-2-8-25(58)17-22)29-11-10-28(52-29)34(21-4-1-7-24(57)16-21)30-12-14-32(53-30)36(23-6-3-9-26(59)18-23)43-45(61)46(62)44(37)55-43/h1-18,27,45-46,53-54,56-62H,19-20H2. The lowest BCUT2D eigenvalue weighted by atomic mass is 9.96. The number of aliphatic hydroxyl groups is 4. The maximum atomic E-state index is 16.5. The fraction of sp³-hybridized carbons (Fsp3) is 0.106. The van der Waals surface area contributed by atoms with Crippen molar-refractivity contribution in [3.63, 3.8) is 0 Å². The Hall–Kier alpha value is -7.50. The molecule has 0 spiro atoms. The van der Waals surface area contributed by atoms with Gasteiger partial charge >= 0.3 is 0 Å². The van der Waals surface area contributed by atoms with Crippen LogP contribution in [-0.4, -0.2) is 75.0 Å². The molecule has 8 bridgehead atoms. The van der Waals surface area contributed by atoms with Crippen LogP contribution in [0.3, 0.4) is 0 Å². The third-order valence-corrected chi connectivity index (χ3v) is 10.7. The molecule has 0 radical (unpaired) electrons. The van der Waals surface area contributed by atoms with Crippen LogP contribution in [-0.2, 0) is 0 Å². The molecule has 3 aromatic heterocycles. The molecule has 12 nitrogen and oxygen atoms in total. The number of H-pyrrole nitrogens is 2. The zero-order chi connectivity index (χ0) is 44.3. The Morgan fingerprint density at radius 1 is 0.540 bits per heavy atom. The van der Waals surface area contributed by atoms with Gasteiger partial charge in [0.15, 0.2) is 17.4 Å². The maximum absolute atomic E-state index is 16.5. The Morgan fingerprint density at radius 3 is 1.40 bits per heavy atom. The predicted octanol–water partition coefficient (Wildman–Crippen LogP) is 8.33. The number of hydrogen-bond donors (Lipinski definition) is 9. The van der Waals surface area contributed by atoms with Crippen LogP contribution in [0.15, 0.2) is 97.1 Å². The van der Waals surface area contributed by atoms with Crippen LogP contribution >= 0.6 is 0 Å². The SMILES string of the molecule is OCC(O)COc1c(F)c(F)c(-c2c3nc(c(-c4cccc(O)c4)c4ccc([nH]4)c(-c4cccc(O)c4)c4nc(c(-c5cccc(O)c5)c5ccc2[nH]5)C=C4)C(O)C3O)c(F)c1F. The van der Waals surface area contributed by atoms with E-state index in [2.05, 4.69) is 15.0 Å². The summed E-state index contributed by atoms with van der Waals surface area (Å²) in [5.41, 5.74) is 0.599. The van der Waals surface area contributed by atoms with Crippen molar-refractivity contribution in [2.45, 2.75) is 18.3 Å². The van der Waals surface area contributed by atoms with E-state index >= 15 is 17.6 Å². The molecule has 9 rings (SSSR count). The highest BCUT2D eigenvalue weighted by atomic mass is 19.2.